The number of carbonyl (C=O) groups excluding carboxylic acids is 2. The van der Waals surface area contributed by atoms with Crippen LogP contribution in [0, 0.1) is 6.92 Å². The number of likely N-dealkylation sites (tertiary alicyclic amines) is 1. The fourth-order valence-corrected chi connectivity index (χ4v) is 5.92. The highest BCUT2D eigenvalue weighted by molar-refractivity contribution is 8.04. The summed E-state index contributed by atoms with van der Waals surface area (Å²) in [5, 5.41) is 3.70. The lowest BCUT2D eigenvalue weighted by Gasteiger charge is -2.39. The molecule has 2 atom stereocenters. The maximum Gasteiger partial charge on any atom is 0.243 e. The summed E-state index contributed by atoms with van der Waals surface area (Å²) in [5.41, 5.74) is 3.23. The van der Waals surface area contributed by atoms with Gasteiger partial charge >= 0.3 is 0 Å². The first-order chi connectivity index (χ1) is 14.4. The van der Waals surface area contributed by atoms with E-state index in [0.29, 0.717) is 5.75 Å². The lowest BCUT2D eigenvalue weighted by atomic mass is 9.97. The van der Waals surface area contributed by atoms with Crippen LogP contribution in [0.4, 0.5) is 0 Å². The Morgan fingerprint density at radius 2 is 1.90 bits per heavy atom. The number of thiazole rings is 1. The molecule has 0 saturated carbocycles. The minimum atomic E-state index is -0.00719. The largest absolute Gasteiger partial charge is 0.336 e. The van der Waals surface area contributed by atoms with E-state index in [1.165, 1.54) is 17.3 Å². The Morgan fingerprint density at radius 1 is 1.20 bits per heavy atom. The Kier molecular flexibility index (Phi) is 6.29. The monoisotopic (exact) mass is 441 g/mol. The van der Waals surface area contributed by atoms with Gasteiger partial charge in [0.05, 0.1) is 16.5 Å². The van der Waals surface area contributed by atoms with Crippen molar-refractivity contribution in [1.82, 2.24) is 14.8 Å². The molecule has 2 saturated heterocycles. The number of piperidine rings is 1. The van der Waals surface area contributed by atoms with Gasteiger partial charge < -0.3 is 4.90 Å². The number of amides is 2. The highest BCUT2D eigenvalue weighted by atomic mass is 32.2. The Hall–Kier alpha value is -2.12. The van der Waals surface area contributed by atoms with E-state index < -0.39 is 0 Å². The SMILES string of the molecule is Cc1ccc(-c2csc(/C=C3\SCC(=O)N3CC(=O)N3C(C)CCCC3C)n2)cc1. The molecule has 0 bridgehead atoms. The number of thioether (sulfide) groups is 1. The Balaban J connectivity index is 1.51. The predicted octanol–water partition coefficient (Wildman–Crippen LogP) is 4.78. The third kappa shape index (κ3) is 4.47. The minimum Gasteiger partial charge on any atom is -0.336 e. The number of aryl methyl sites for hydroxylation is 1. The standard InChI is InChI=1S/C23H27N3O2S2/c1-15-7-9-18(10-8-15)19-13-29-20(24-19)11-23-25(22(28)14-30-23)12-21(27)26-16(2)5-4-6-17(26)3/h7-11,13,16-17H,4-6,12,14H2,1-3H3/b23-11-. The molecule has 1 aromatic carbocycles. The first kappa shape index (κ1) is 21.1. The maximum atomic E-state index is 13.0. The van der Waals surface area contributed by atoms with Crippen molar-refractivity contribution in [2.45, 2.75) is 52.1 Å². The zero-order chi connectivity index (χ0) is 21.3. The van der Waals surface area contributed by atoms with Gasteiger partial charge in [0.2, 0.25) is 11.8 Å². The summed E-state index contributed by atoms with van der Waals surface area (Å²) < 4.78 is 0. The summed E-state index contributed by atoms with van der Waals surface area (Å²) in [6, 6.07) is 8.76. The molecule has 2 amide bonds. The molecule has 3 heterocycles. The molecular formula is C23H27N3O2S2. The molecule has 30 heavy (non-hydrogen) atoms. The number of hydrogen-bond donors (Lipinski definition) is 0. The quantitative estimate of drug-likeness (QED) is 0.685. The second-order valence-corrected chi connectivity index (χ2v) is 10.0. The van der Waals surface area contributed by atoms with Crippen molar-refractivity contribution in [2.24, 2.45) is 0 Å². The van der Waals surface area contributed by atoms with Crippen LogP contribution < -0.4 is 0 Å². The average Bonchev–Trinajstić information content (AvgIpc) is 3.31. The van der Waals surface area contributed by atoms with Gasteiger partial charge in [-0.25, -0.2) is 4.98 Å². The van der Waals surface area contributed by atoms with Crippen molar-refractivity contribution < 1.29 is 9.59 Å². The van der Waals surface area contributed by atoms with Crippen molar-refractivity contribution >= 4 is 41.0 Å². The summed E-state index contributed by atoms with van der Waals surface area (Å²) in [5.74, 6) is 0.406. The van der Waals surface area contributed by atoms with Crippen LogP contribution in [-0.4, -0.2) is 51.0 Å². The number of hydrogen-bond acceptors (Lipinski definition) is 5. The van der Waals surface area contributed by atoms with Crippen LogP contribution in [0.5, 0.6) is 0 Å². The molecule has 2 aliphatic heterocycles. The van der Waals surface area contributed by atoms with E-state index in [2.05, 4.69) is 45.0 Å². The molecule has 7 heteroatoms. The molecule has 0 N–H and O–H groups in total. The van der Waals surface area contributed by atoms with Gasteiger partial charge in [-0.15, -0.1) is 11.3 Å². The third-order valence-corrected chi connectivity index (χ3v) is 7.62. The van der Waals surface area contributed by atoms with E-state index in [0.717, 1.165) is 40.6 Å². The van der Waals surface area contributed by atoms with Crippen LogP contribution in [0.2, 0.25) is 0 Å². The number of aromatic nitrogens is 1. The third-order valence-electron chi connectivity index (χ3n) is 5.80. The molecule has 0 spiro atoms. The second kappa shape index (κ2) is 8.94. The Labute approximate surface area is 186 Å². The second-order valence-electron chi connectivity index (χ2n) is 8.12. The fraction of sp³-hybridized carbons (Fsp3) is 0.435. The van der Waals surface area contributed by atoms with Gasteiger partial charge in [0.1, 0.15) is 11.6 Å². The summed E-state index contributed by atoms with van der Waals surface area (Å²) >= 11 is 3.04. The zero-order valence-corrected chi connectivity index (χ0v) is 19.3. The van der Waals surface area contributed by atoms with Crippen LogP contribution in [0.25, 0.3) is 17.3 Å². The number of rotatable bonds is 4. The molecule has 0 radical (unpaired) electrons. The summed E-state index contributed by atoms with van der Waals surface area (Å²) in [6.45, 7) is 6.39. The maximum absolute atomic E-state index is 13.0. The number of benzene rings is 1. The van der Waals surface area contributed by atoms with Crippen molar-refractivity contribution in [3.05, 3.63) is 45.2 Å². The van der Waals surface area contributed by atoms with Gasteiger partial charge in [0.25, 0.3) is 0 Å². The van der Waals surface area contributed by atoms with Gasteiger partial charge in [0, 0.05) is 29.1 Å². The predicted molar refractivity (Wildman–Crippen MR) is 124 cm³/mol. The normalized spacial score (nSPS) is 23.4. The molecule has 2 aromatic rings. The molecule has 158 valence electrons. The summed E-state index contributed by atoms with van der Waals surface area (Å²) in [6.07, 6.45) is 5.15. The topological polar surface area (TPSA) is 53.5 Å². The van der Waals surface area contributed by atoms with E-state index >= 15 is 0 Å². The molecule has 4 rings (SSSR count). The van der Waals surface area contributed by atoms with Crippen LogP contribution in [0.3, 0.4) is 0 Å². The first-order valence-corrected chi connectivity index (χ1v) is 12.3. The van der Waals surface area contributed by atoms with E-state index in [1.54, 1.807) is 16.2 Å². The van der Waals surface area contributed by atoms with Crippen molar-refractivity contribution in [3.8, 4) is 11.3 Å². The minimum absolute atomic E-state index is 0.00719. The van der Waals surface area contributed by atoms with Crippen LogP contribution in [0.1, 0.15) is 43.7 Å². The molecule has 2 unspecified atom stereocenters. The first-order valence-electron chi connectivity index (χ1n) is 10.4. The number of carbonyl (C=O) groups is 2. The van der Waals surface area contributed by atoms with E-state index in [9.17, 15) is 9.59 Å². The smallest absolute Gasteiger partial charge is 0.243 e. The Bertz CT molecular complexity index is 957. The van der Waals surface area contributed by atoms with Gasteiger partial charge in [-0.3, -0.25) is 14.5 Å². The van der Waals surface area contributed by atoms with Crippen LogP contribution >= 0.6 is 23.1 Å². The van der Waals surface area contributed by atoms with Crippen molar-refractivity contribution in [1.29, 1.82) is 0 Å². The zero-order valence-electron chi connectivity index (χ0n) is 17.6. The van der Waals surface area contributed by atoms with Gasteiger partial charge in [-0.2, -0.15) is 0 Å². The van der Waals surface area contributed by atoms with Gasteiger partial charge in [0.15, 0.2) is 0 Å². The highest BCUT2D eigenvalue weighted by Gasteiger charge is 2.34. The fourth-order valence-electron chi connectivity index (χ4n) is 4.15. The number of nitrogens with zero attached hydrogens (tertiary/aromatic N) is 3. The van der Waals surface area contributed by atoms with Gasteiger partial charge in [-0.05, 0) is 40.0 Å². The van der Waals surface area contributed by atoms with E-state index in [4.69, 9.17) is 4.98 Å². The lowest BCUT2D eigenvalue weighted by molar-refractivity contribution is -0.141. The lowest BCUT2D eigenvalue weighted by Crippen LogP contribution is -2.51. The summed E-state index contributed by atoms with van der Waals surface area (Å²) in [7, 11) is 0. The summed E-state index contributed by atoms with van der Waals surface area (Å²) in [4.78, 5) is 33.8. The highest BCUT2D eigenvalue weighted by Crippen LogP contribution is 2.33. The van der Waals surface area contributed by atoms with Crippen molar-refractivity contribution in [3.63, 3.8) is 0 Å². The molecular weight excluding hydrogens is 414 g/mol. The van der Waals surface area contributed by atoms with Gasteiger partial charge in [-0.1, -0.05) is 41.6 Å². The molecule has 1 aromatic heterocycles. The average molecular weight is 442 g/mol. The Morgan fingerprint density at radius 3 is 2.60 bits per heavy atom. The van der Waals surface area contributed by atoms with Crippen molar-refractivity contribution in [2.75, 3.05) is 12.3 Å². The van der Waals surface area contributed by atoms with Crippen LogP contribution in [0.15, 0.2) is 34.7 Å². The van der Waals surface area contributed by atoms with Crippen LogP contribution in [-0.2, 0) is 9.59 Å². The van der Waals surface area contributed by atoms with E-state index in [-0.39, 0.29) is 30.4 Å². The van der Waals surface area contributed by atoms with E-state index in [1.807, 2.05) is 16.4 Å². The molecule has 0 aliphatic carbocycles. The molecule has 2 fully saturated rings. The molecule has 5 nitrogen and oxygen atoms in total. The molecule has 2 aliphatic rings.